The zero-order valence-electron chi connectivity index (χ0n) is 14.1. The second kappa shape index (κ2) is 7.22. The van der Waals surface area contributed by atoms with Gasteiger partial charge in [0.05, 0.1) is 5.69 Å². The summed E-state index contributed by atoms with van der Waals surface area (Å²) >= 11 is 0.805. The van der Waals surface area contributed by atoms with E-state index in [0.29, 0.717) is 11.3 Å². The number of amides is 1. The van der Waals surface area contributed by atoms with Crippen molar-refractivity contribution in [3.63, 3.8) is 0 Å². The standard InChI is InChI=1S/C17H16N4O3S2/c1-12-8-10-13(11-9-12)15(22)18-16-19-20-17(25-16)26(23,24)21(2)14-6-4-3-5-7-14/h3-11H,1-2H3,(H,18,19,22). The highest BCUT2D eigenvalue weighted by atomic mass is 32.2. The van der Waals surface area contributed by atoms with E-state index in [1.165, 1.54) is 7.05 Å². The molecule has 7 nitrogen and oxygen atoms in total. The lowest BCUT2D eigenvalue weighted by atomic mass is 10.1. The van der Waals surface area contributed by atoms with E-state index < -0.39 is 10.0 Å². The van der Waals surface area contributed by atoms with Crippen LogP contribution in [-0.4, -0.2) is 31.6 Å². The molecular weight excluding hydrogens is 372 g/mol. The molecular formula is C17H16N4O3S2. The van der Waals surface area contributed by atoms with Crippen molar-refractivity contribution in [3.05, 3.63) is 65.7 Å². The van der Waals surface area contributed by atoms with Crippen molar-refractivity contribution < 1.29 is 13.2 Å². The Labute approximate surface area is 155 Å². The minimum absolute atomic E-state index is 0.121. The van der Waals surface area contributed by atoms with Crippen molar-refractivity contribution in [1.29, 1.82) is 0 Å². The molecule has 0 bridgehead atoms. The second-order valence-electron chi connectivity index (χ2n) is 5.50. The van der Waals surface area contributed by atoms with Crippen LogP contribution in [0.1, 0.15) is 15.9 Å². The summed E-state index contributed by atoms with van der Waals surface area (Å²) in [4.78, 5) is 12.2. The van der Waals surface area contributed by atoms with Crippen LogP contribution in [-0.2, 0) is 10.0 Å². The predicted octanol–water partition coefficient (Wildman–Crippen LogP) is 2.92. The van der Waals surface area contributed by atoms with E-state index in [9.17, 15) is 13.2 Å². The van der Waals surface area contributed by atoms with Crippen molar-refractivity contribution in [2.75, 3.05) is 16.7 Å². The van der Waals surface area contributed by atoms with Gasteiger partial charge in [-0.25, -0.2) is 0 Å². The third-order valence-electron chi connectivity index (χ3n) is 3.64. The Morgan fingerprint density at radius 2 is 1.69 bits per heavy atom. The smallest absolute Gasteiger partial charge is 0.293 e. The zero-order chi connectivity index (χ0) is 18.7. The molecule has 9 heteroatoms. The molecule has 0 aliphatic carbocycles. The fraction of sp³-hybridized carbons (Fsp3) is 0.118. The van der Waals surface area contributed by atoms with Crippen molar-refractivity contribution in [3.8, 4) is 0 Å². The number of carbonyl (C=O) groups excluding carboxylic acids is 1. The van der Waals surface area contributed by atoms with Gasteiger partial charge in [0.15, 0.2) is 0 Å². The third-order valence-corrected chi connectivity index (χ3v) is 6.61. The highest BCUT2D eigenvalue weighted by Crippen LogP contribution is 2.26. The molecule has 0 radical (unpaired) electrons. The molecule has 0 atom stereocenters. The quantitative estimate of drug-likeness (QED) is 0.679. The van der Waals surface area contributed by atoms with Crippen LogP contribution in [0.5, 0.6) is 0 Å². The van der Waals surface area contributed by atoms with E-state index in [2.05, 4.69) is 15.5 Å². The molecule has 0 unspecified atom stereocenters. The number of nitrogens with one attached hydrogen (secondary N) is 1. The number of hydrogen-bond acceptors (Lipinski definition) is 6. The summed E-state index contributed by atoms with van der Waals surface area (Å²) in [7, 11) is -2.41. The van der Waals surface area contributed by atoms with Gasteiger partial charge in [-0.2, -0.15) is 8.42 Å². The lowest BCUT2D eigenvalue weighted by Gasteiger charge is -2.16. The molecule has 0 aliphatic heterocycles. The molecule has 3 aromatic rings. The number of para-hydroxylation sites is 1. The van der Waals surface area contributed by atoms with Gasteiger partial charge in [0.2, 0.25) is 5.13 Å². The maximum atomic E-state index is 12.7. The largest absolute Gasteiger partial charge is 0.296 e. The van der Waals surface area contributed by atoms with Gasteiger partial charge in [-0.15, -0.1) is 10.2 Å². The van der Waals surface area contributed by atoms with E-state index in [0.717, 1.165) is 21.2 Å². The summed E-state index contributed by atoms with van der Waals surface area (Å²) < 4.78 is 26.3. The molecule has 3 rings (SSSR count). The summed E-state index contributed by atoms with van der Waals surface area (Å²) in [5.74, 6) is -0.374. The Bertz CT molecular complexity index is 1020. The van der Waals surface area contributed by atoms with Crippen LogP contribution < -0.4 is 9.62 Å². The molecule has 1 aromatic heterocycles. The van der Waals surface area contributed by atoms with Crippen molar-refractivity contribution >= 4 is 38.1 Å². The molecule has 1 heterocycles. The minimum atomic E-state index is -3.85. The Hall–Kier alpha value is -2.78. The molecule has 0 fully saturated rings. The molecule has 1 amide bonds. The molecule has 0 aliphatic rings. The number of carbonyl (C=O) groups is 1. The SMILES string of the molecule is Cc1ccc(C(=O)Nc2nnc(S(=O)(=O)N(C)c3ccccc3)s2)cc1. The second-order valence-corrected chi connectivity index (χ2v) is 8.62. The number of anilines is 2. The molecule has 1 N–H and O–H groups in total. The first-order chi connectivity index (χ1) is 12.4. The molecule has 0 saturated carbocycles. The Kier molecular flexibility index (Phi) is 5.01. The Balaban J connectivity index is 1.78. The van der Waals surface area contributed by atoms with Crippen LogP contribution in [0.4, 0.5) is 10.8 Å². The number of sulfonamides is 1. The average molecular weight is 388 g/mol. The Morgan fingerprint density at radius 1 is 1.04 bits per heavy atom. The summed E-state index contributed by atoms with van der Waals surface area (Å²) in [6, 6.07) is 15.7. The van der Waals surface area contributed by atoms with Gasteiger partial charge < -0.3 is 0 Å². The van der Waals surface area contributed by atoms with Crippen LogP contribution in [0.15, 0.2) is 58.9 Å². The van der Waals surface area contributed by atoms with Crippen molar-refractivity contribution in [2.45, 2.75) is 11.3 Å². The maximum absolute atomic E-state index is 12.7. The molecule has 0 spiro atoms. The van der Waals surface area contributed by atoms with Gasteiger partial charge in [-0.1, -0.05) is 47.2 Å². The monoisotopic (exact) mass is 388 g/mol. The predicted molar refractivity (Wildman–Crippen MR) is 101 cm³/mol. The lowest BCUT2D eigenvalue weighted by molar-refractivity contribution is 0.102. The van der Waals surface area contributed by atoms with Gasteiger partial charge in [0, 0.05) is 12.6 Å². The lowest BCUT2D eigenvalue weighted by Crippen LogP contribution is -2.26. The van der Waals surface area contributed by atoms with Gasteiger partial charge in [0.1, 0.15) is 0 Å². The minimum Gasteiger partial charge on any atom is -0.296 e. The third kappa shape index (κ3) is 3.73. The number of benzene rings is 2. The molecule has 0 saturated heterocycles. The van der Waals surface area contributed by atoms with E-state index >= 15 is 0 Å². The normalized spacial score (nSPS) is 11.2. The maximum Gasteiger partial charge on any atom is 0.293 e. The first-order valence-corrected chi connectivity index (χ1v) is 9.89. The summed E-state index contributed by atoms with van der Waals surface area (Å²) in [5.41, 5.74) is 2.00. The number of hydrogen-bond donors (Lipinski definition) is 1. The van der Waals surface area contributed by atoms with Crippen molar-refractivity contribution in [2.24, 2.45) is 0 Å². The molecule has 134 valence electrons. The number of nitrogens with zero attached hydrogens (tertiary/aromatic N) is 3. The van der Waals surface area contributed by atoms with Crippen LogP contribution >= 0.6 is 11.3 Å². The van der Waals surface area contributed by atoms with Crippen LogP contribution in [0, 0.1) is 6.92 Å². The summed E-state index contributed by atoms with van der Waals surface area (Å²) in [6.45, 7) is 1.92. The number of aromatic nitrogens is 2. The molecule has 26 heavy (non-hydrogen) atoms. The van der Waals surface area contributed by atoms with E-state index in [1.807, 2.05) is 19.1 Å². The topological polar surface area (TPSA) is 92.3 Å². The van der Waals surface area contributed by atoms with E-state index in [4.69, 9.17) is 0 Å². The van der Waals surface area contributed by atoms with E-state index in [-0.39, 0.29) is 15.4 Å². The van der Waals surface area contributed by atoms with Gasteiger partial charge in [0.25, 0.3) is 20.3 Å². The van der Waals surface area contributed by atoms with Crippen molar-refractivity contribution in [1.82, 2.24) is 10.2 Å². The number of aryl methyl sites for hydroxylation is 1. The first-order valence-electron chi connectivity index (χ1n) is 7.63. The average Bonchev–Trinajstić information content (AvgIpc) is 3.11. The summed E-state index contributed by atoms with van der Waals surface area (Å²) in [6.07, 6.45) is 0. The van der Waals surface area contributed by atoms with Gasteiger partial charge in [-0.3, -0.25) is 14.4 Å². The first kappa shape index (κ1) is 18.0. The van der Waals surface area contributed by atoms with Crippen LogP contribution in [0.2, 0.25) is 0 Å². The van der Waals surface area contributed by atoms with Crippen LogP contribution in [0.25, 0.3) is 0 Å². The Morgan fingerprint density at radius 3 is 2.35 bits per heavy atom. The highest BCUT2D eigenvalue weighted by Gasteiger charge is 2.26. The fourth-order valence-electron chi connectivity index (χ4n) is 2.13. The van der Waals surface area contributed by atoms with Gasteiger partial charge >= 0.3 is 0 Å². The highest BCUT2D eigenvalue weighted by molar-refractivity contribution is 7.94. The fourth-order valence-corrected chi connectivity index (χ4v) is 4.38. The summed E-state index contributed by atoms with van der Waals surface area (Å²) in [5, 5.41) is 10.2. The molecule has 2 aromatic carbocycles. The van der Waals surface area contributed by atoms with Crippen LogP contribution in [0.3, 0.4) is 0 Å². The van der Waals surface area contributed by atoms with Gasteiger partial charge in [-0.05, 0) is 31.2 Å². The zero-order valence-corrected chi connectivity index (χ0v) is 15.7. The number of rotatable bonds is 5. The van der Waals surface area contributed by atoms with E-state index in [1.54, 1.807) is 42.5 Å².